The predicted octanol–water partition coefficient (Wildman–Crippen LogP) is -0.0441. The third kappa shape index (κ3) is 4.34. The molecule has 0 saturated heterocycles. The molecule has 3 N–H and O–H groups in total. The average Bonchev–Trinajstić information content (AvgIpc) is 2.28. The fourth-order valence-corrected chi connectivity index (χ4v) is 2.32. The van der Waals surface area contributed by atoms with Crippen LogP contribution in [-0.4, -0.2) is 43.9 Å². The normalized spacial score (nSPS) is 24.6. The maximum atomic E-state index is 12.0. The highest BCUT2D eigenvalue weighted by atomic mass is 16.2. The number of likely N-dealkylation sites (N-methyl/N-ethyl adjacent to an activating group) is 1. The van der Waals surface area contributed by atoms with Crippen molar-refractivity contribution in [2.75, 3.05) is 27.2 Å². The minimum Gasteiger partial charge on any atom is -0.369 e. The van der Waals surface area contributed by atoms with Crippen LogP contribution in [0.25, 0.3) is 0 Å². The highest BCUT2D eigenvalue weighted by Crippen LogP contribution is 2.29. The van der Waals surface area contributed by atoms with Gasteiger partial charge in [0.15, 0.2) is 0 Å². The smallest absolute Gasteiger partial charge is 0.223 e. The third-order valence-electron chi connectivity index (χ3n) is 3.33. The van der Waals surface area contributed by atoms with Crippen molar-refractivity contribution < 1.29 is 9.59 Å². The number of hydrogen-bond acceptors (Lipinski definition) is 3. The lowest BCUT2D eigenvalue weighted by Gasteiger charge is -2.28. The van der Waals surface area contributed by atoms with Crippen LogP contribution >= 0.6 is 0 Å². The molecule has 0 aromatic rings. The molecule has 0 heterocycles. The van der Waals surface area contributed by atoms with Crippen LogP contribution in [0, 0.1) is 11.8 Å². The third-order valence-corrected chi connectivity index (χ3v) is 3.33. The van der Waals surface area contributed by atoms with Crippen molar-refractivity contribution in [3.8, 4) is 0 Å². The number of primary amides is 1. The Labute approximate surface area is 103 Å². The van der Waals surface area contributed by atoms with E-state index in [1.54, 1.807) is 0 Å². The second kappa shape index (κ2) is 6.59. The highest BCUT2D eigenvalue weighted by Gasteiger charge is 2.34. The average molecular weight is 241 g/mol. The number of rotatable bonds is 5. The van der Waals surface area contributed by atoms with E-state index in [0.717, 1.165) is 32.2 Å². The van der Waals surface area contributed by atoms with Gasteiger partial charge in [-0.3, -0.25) is 9.59 Å². The lowest BCUT2D eigenvalue weighted by molar-refractivity contribution is -0.134. The van der Waals surface area contributed by atoms with Crippen LogP contribution in [0.1, 0.15) is 25.7 Å². The summed E-state index contributed by atoms with van der Waals surface area (Å²) in [5.74, 6) is -0.848. The Bertz CT molecular complexity index is 279. The Morgan fingerprint density at radius 2 is 1.82 bits per heavy atom. The molecular weight excluding hydrogens is 218 g/mol. The Hall–Kier alpha value is -1.10. The standard InChI is InChI=1S/C12H23N3O2/c1-15(2)8-7-14-12(17)10-6-4-3-5-9(10)11(13)16/h9-10H,3-8H2,1-2H3,(H2,13,16)(H,14,17)/t9-,10+/m0/s1. The van der Waals surface area contributed by atoms with Crippen LogP contribution in [0.4, 0.5) is 0 Å². The van der Waals surface area contributed by atoms with Gasteiger partial charge in [-0.15, -0.1) is 0 Å². The molecule has 5 heteroatoms. The molecular formula is C12H23N3O2. The minimum atomic E-state index is -0.336. The van der Waals surface area contributed by atoms with Gasteiger partial charge in [-0.1, -0.05) is 12.8 Å². The number of carbonyl (C=O) groups is 2. The molecule has 1 fully saturated rings. The predicted molar refractivity (Wildman–Crippen MR) is 66.2 cm³/mol. The van der Waals surface area contributed by atoms with Gasteiger partial charge in [-0.2, -0.15) is 0 Å². The molecule has 5 nitrogen and oxygen atoms in total. The number of nitrogens with two attached hydrogens (primary N) is 1. The van der Waals surface area contributed by atoms with Crippen molar-refractivity contribution in [1.29, 1.82) is 0 Å². The molecule has 2 atom stereocenters. The summed E-state index contributed by atoms with van der Waals surface area (Å²) in [6, 6.07) is 0. The first-order chi connectivity index (χ1) is 8.02. The molecule has 0 aromatic carbocycles. The molecule has 1 saturated carbocycles. The Morgan fingerprint density at radius 3 is 2.35 bits per heavy atom. The van der Waals surface area contributed by atoms with Crippen molar-refractivity contribution in [2.24, 2.45) is 17.6 Å². The van der Waals surface area contributed by atoms with Crippen molar-refractivity contribution >= 4 is 11.8 Å². The van der Waals surface area contributed by atoms with E-state index in [0.29, 0.717) is 6.54 Å². The first-order valence-electron chi connectivity index (χ1n) is 6.24. The SMILES string of the molecule is CN(C)CCNC(=O)[C@@H]1CCCC[C@@H]1C(N)=O. The summed E-state index contributed by atoms with van der Waals surface area (Å²) in [7, 11) is 3.91. The van der Waals surface area contributed by atoms with Gasteiger partial charge in [0.05, 0.1) is 0 Å². The molecule has 0 unspecified atom stereocenters. The summed E-state index contributed by atoms with van der Waals surface area (Å²) >= 11 is 0. The van der Waals surface area contributed by atoms with E-state index in [1.165, 1.54) is 0 Å². The molecule has 1 rings (SSSR count). The molecule has 0 aromatic heterocycles. The molecule has 1 aliphatic rings. The molecule has 0 radical (unpaired) electrons. The number of nitrogens with zero attached hydrogens (tertiary/aromatic N) is 1. The lowest BCUT2D eigenvalue weighted by Crippen LogP contribution is -2.43. The molecule has 2 amide bonds. The topological polar surface area (TPSA) is 75.4 Å². The zero-order valence-electron chi connectivity index (χ0n) is 10.7. The second-order valence-electron chi connectivity index (χ2n) is 4.99. The summed E-state index contributed by atoms with van der Waals surface area (Å²) < 4.78 is 0. The zero-order chi connectivity index (χ0) is 12.8. The van der Waals surface area contributed by atoms with Crippen LogP contribution in [0.2, 0.25) is 0 Å². The van der Waals surface area contributed by atoms with E-state index in [-0.39, 0.29) is 23.7 Å². The fourth-order valence-electron chi connectivity index (χ4n) is 2.32. The maximum Gasteiger partial charge on any atom is 0.223 e. The van der Waals surface area contributed by atoms with Gasteiger partial charge in [0.2, 0.25) is 11.8 Å². The first-order valence-corrected chi connectivity index (χ1v) is 6.24. The van der Waals surface area contributed by atoms with E-state index in [2.05, 4.69) is 5.32 Å². The number of amides is 2. The highest BCUT2D eigenvalue weighted by molar-refractivity contribution is 5.87. The molecule has 0 bridgehead atoms. The molecule has 17 heavy (non-hydrogen) atoms. The summed E-state index contributed by atoms with van der Waals surface area (Å²) in [5, 5.41) is 2.88. The Kier molecular flexibility index (Phi) is 5.41. The monoisotopic (exact) mass is 241 g/mol. The van der Waals surface area contributed by atoms with E-state index in [4.69, 9.17) is 5.73 Å². The quantitative estimate of drug-likeness (QED) is 0.709. The number of hydrogen-bond donors (Lipinski definition) is 2. The van der Waals surface area contributed by atoms with Gasteiger partial charge < -0.3 is 16.0 Å². The first kappa shape index (κ1) is 14.0. The molecule has 98 valence electrons. The molecule has 0 spiro atoms. The van der Waals surface area contributed by atoms with Crippen LogP contribution in [0.3, 0.4) is 0 Å². The van der Waals surface area contributed by atoms with E-state index >= 15 is 0 Å². The molecule has 0 aliphatic heterocycles. The van der Waals surface area contributed by atoms with Gasteiger partial charge in [0, 0.05) is 24.9 Å². The summed E-state index contributed by atoms with van der Waals surface area (Å²) in [5.41, 5.74) is 5.35. The van der Waals surface area contributed by atoms with Crippen molar-refractivity contribution in [3.63, 3.8) is 0 Å². The van der Waals surface area contributed by atoms with Gasteiger partial charge in [-0.25, -0.2) is 0 Å². The minimum absolute atomic E-state index is 0.0182. The van der Waals surface area contributed by atoms with Gasteiger partial charge >= 0.3 is 0 Å². The maximum absolute atomic E-state index is 12.0. The lowest BCUT2D eigenvalue weighted by atomic mass is 9.78. The fraction of sp³-hybridized carbons (Fsp3) is 0.833. The number of nitrogens with one attached hydrogen (secondary N) is 1. The number of carbonyl (C=O) groups excluding carboxylic acids is 2. The zero-order valence-corrected chi connectivity index (χ0v) is 10.7. The van der Waals surface area contributed by atoms with Crippen molar-refractivity contribution in [1.82, 2.24) is 10.2 Å². The van der Waals surface area contributed by atoms with E-state index in [1.807, 2.05) is 19.0 Å². The van der Waals surface area contributed by atoms with Gasteiger partial charge in [-0.05, 0) is 26.9 Å². The van der Waals surface area contributed by atoms with E-state index < -0.39 is 0 Å². The summed E-state index contributed by atoms with van der Waals surface area (Å²) in [6.45, 7) is 1.42. The van der Waals surface area contributed by atoms with Crippen molar-refractivity contribution in [3.05, 3.63) is 0 Å². The molecule has 1 aliphatic carbocycles. The van der Waals surface area contributed by atoms with Crippen LogP contribution in [0.5, 0.6) is 0 Å². The van der Waals surface area contributed by atoms with Crippen LogP contribution in [0.15, 0.2) is 0 Å². The van der Waals surface area contributed by atoms with Gasteiger partial charge in [0.25, 0.3) is 0 Å². The van der Waals surface area contributed by atoms with Crippen molar-refractivity contribution in [2.45, 2.75) is 25.7 Å². The Morgan fingerprint density at radius 1 is 1.24 bits per heavy atom. The van der Waals surface area contributed by atoms with Crippen LogP contribution < -0.4 is 11.1 Å². The summed E-state index contributed by atoms with van der Waals surface area (Å²) in [4.78, 5) is 25.2. The van der Waals surface area contributed by atoms with Crippen LogP contribution in [-0.2, 0) is 9.59 Å². The second-order valence-corrected chi connectivity index (χ2v) is 4.99. The van der Waals surface area contributed by atoms with Gasteiger partial charge in [0.1, 0.15) is 0 Å². The summed E-state index contributed by atoms with van der Waals surface area (Å²) in [6.07, 6.45) is 3.53. The largest absolute Gasteiger partial charge is 0.369 e. The Balaban J connectivity index is 2.45. The van der Waals surface area contributed by atoms with E-state index in [9.17, 15) is 9.59 Å².